The van der Waals surface area contributed by atoms with Gasteiger partial charge in [-0.05, 0) is 28.7 Å². The first-order valence-electron chi connectivity index (χ1n) is 8.07. The van der Waals surface area contributed by atoms with E-state index in [2.05, 4.69) is 29.6 Å². The highest BCUT2D eigenvalue weighted by Gasteiger charge is 2.23. The average Bonchev–Trinajstić information content (AvgIpc) is 2.56. The van der Waals surface area contributed by atoms with Gasteiger partial charge in [-0.25, -0.2) is 0 Å². The summed E-state index contributed by atoms with van der Waals surface area (Å²) in [4.78, 5) is 23.6. The molecule has 2 aromatic carbocycles. The highest BCUT2D eigenvalue weighted by Crippen LogP contribution is 2.16. The number of hydrogen-bond donors (Lipinski definition) is 2. The number of hydrogen-bond acceptors (Lipinski definition) is 2. The maximum atomic E-state index is 12.1. The van der Waals surface area contributed by atoms with Crippen molar-refractivity contribution in [1.29, 1.82) is 0 Å². The molecule has 2 unspecified atom stereocenters. The molecule has 23 heavy (non-hydrogen) atoms. The van der Waals surface area contributed by atoms with Crippen molar-refractivity contribution in [1.82, 2.24) is 5.32 Å². The van der Waals surface area contributed by atoms with Gasteiger partial charge in [0.1, 0.15) is 6.04 Å². The first-order chi connectivity index (χ1) is 11.0. The third-order valence-corrected chi connectivity index (χ3v) is 4.29. The summed E-state index contributed by atoms with van der Waals surface area (Å²) < 4.78 is 0. The molecule has 0 radical (unpaired) electrons. The number of nitrogens with one attached hydrogen (secondary N) is 1. The Balaban J connectivity index is 1.95. The Morgan fingerprint density at radius 3 is 2.48 bits per heavy atom. The maximum absolute atomic E-state index is 12.1. The summed E-state index contributed by atoms with van der Waals surface area (Å²) in [6.07, 6.45) is 1.78. The molecule has 0 saturated carbocycles. The molecule has 4 nitrogen and oxygen atoms in total. The lowest BCUT2D eigenvalue weighted by Gasteiger charge is -2.21. The molecule has 122 valence electrons. The Labute approximate surface area is 137 Å². The van der Waals surface area contributed by atoms with Crippen molar-refractivity contribution in [3.05, 3.63) is 48.0 Å². The monoisotopic (exact) mass is 312 g/mol. The zero-order valence-corrected chi connectivity index (χ0v) is 13.7. The van der Waals surface area contributed by atoms with Crippen molar-refractivity contribution in [2.24, 2.45) is 11.7 Å². The minimum absolute atomic E-state index is 0.0390. The van der Waals surface area contributed by atoms with Gasteiger partial charge in [-0.3, -0.25) is 9.59 Å². The highest BCUT2D eigenvalue weighted by molar-refractivity contribution is 5.87. The summed E-state index contributed by atoms with van der Waals surface area (Å²) in [6.45, 7) is 3.89. The van der Waals surface area contributed by atoms with Gasteiger partial charge in [0.05, 0.1) is 0 Å². The zero-order chi connectivity index (χ0) is 16.8. The van der Waals surface area contributed by atoms with Crippen molar-refractivity contribution < 1.29 is 9.59 Å². The first-order valence-corrected chi connectivity index (χ1v) is 8.07. The highest BCUT2D eigenvalue weighted by atomic mass is 16.2. The van der Waals surface area contributed by atoms with Crippen LogP contribution < -0.4 is 11.1 Å². The van der Waals surface area contributed by atoms with Crippen LogP contribution in [0.15, 0.2) is 42.5 Å². The molecule has 0 bridgehead atoms. The van der Waals surface area contributed by atoms with Gasteiger partial charge in [0.15, 0.2) is 0 Å². The Morgan fingerprint density at radius 1 is 1.13 bits per heavy atom. The van der Waals surface area contributed by atoms with Crippen LogP contribution in [0.4, 0.5) is 0 Å². The third kappa shape index (κ3) is 4.55. The number of benzene rings is 2. The Bertz CT molecular complexity index is 697. The van der Waals surface area contributed by atoms with Crippen molar-refractivity contribution >= 4 is 22.6 Å². The fraction of sp³-hybridized carbons (Fsp3) is 0.368. The lowest BCUT2D eigenvalue weighted by Crippen LogP contribution is -2.48. The summed E-state index contributed by atoms with van der Waals surface area (Å²) >= 11 is 0. The van der Waals surface area contributed by atoms with E-state index in [0.717, 1.165) is 12.0 Å². The number of nitrogens with two attached hydrogens (primary N) is 1. The molecule has 2 atom stereocenters. The van der Waals surface area contributed by atoms with Gasteiger partial charge in [-0.2, -0.15) is 0 Å². The number of aryl methyl sites for hydroxylation is 1. The first kappa shape index (κ1) is 17.0. The molecule has 2 amide bonds. The fourth-order valence-electron chi connectivity index (χ4n) is 2.63. The van der Waals surface area contributed by atoms with Crippen molar-refractivity contribution in [2.75, 3.05) is 0 Å². The molecule has 3 N–H and O–H groups in total. The third-order valence-electron chi connectivity index (χ3n) is 4.29. The van der Waals surface area contributed by atoms with E-state index in [1.54, 1.807) is 0 Å². The predicted molar refractivity (Wildman–Crippen MR) is 92.8 cm³/mol. The average molecular weight is 312 g/mol. The SMILES string of the molecule is CCC(C)C(NC(=O)CCc1ccc2ccccc2c1)C(N)=O. The van der Waals surface area contributed by atoms with E-state index >= 15 is 0 Å². The number of carbonyl (C=O) groups excluding carboxylic acids is 2. The topological polar surface area (TPSA) is 72.2 Å². The van der Waals surface area contributed by atoms with Crippen LogP contribution in [-0.2, 0) is 16.0 Å². The molecule has 0 aliphatic carbocycles. The molecule has 2 aromatic rings. The number of fused-ring (bicyclic) bond motifs is 1. The second-order valence-electron chi connectivity index (χ2n) is 6.01. The maximum Gasteiger partial charge on any atom is 0.240 e. The number of carbonyl (C=O) groups is 2. The molecule has 0 aromatic heterocycles. The van der Waals surface area contributed by atoms with E-state index < -0.39 is 11.9 Å². The van der Waals surface area contributed by atoms with Gasteiger partial charge in [-0.15, -0.1) is 0 Å². The molecule has 0 aliphatic rings. The largest absolute Gasteiger partial charge is 0.368 e. The van der Waals surface area contributed by atoms with E-state index in [0.29, 0.717) is 12.8 Å². The van der Waals surface area contributed by atoms with Crippen LogP contribution in [0.5, 0.6) is 0 Å². The van der Waals surface area contributed by atoms with Gasteiger partial charge in [0, 0.05) is 6.42 Å². The van der Waals surface area contributed by atoms with Gasteiger partial charge in [0.2, 0.25) is 11.8 Å². The van der Waals surface area contributed by atoms with Crippen LogP contribution in [0, 0.1) is 5.92 Å². The number of rotatable bonds is 7. The molecule has 4 heteroatoms. The fourth-order valence-corrected chi connectivity index (χ4v) is 2.63. The second-order valence-corrected chi connectivity index (χ2v) is 6.01. The summed E-state index contributed by atoms with van der Waals surface area (Å²) in [5.41, 5.74) is 6.49. The van der Waals surface area contributed by atoms with Crippen molar-refractivity contribution in [3.8, 4) is 0 Å². The molecule has 0 spiro atoms. The lowest BCUT2D eigenvalue weighted by atomic mass is 9.98. The van der Waals surface area contributed by atoms with E-state index in [1.165, 1.54) is 10.8 Å². The van der Waals surface area contributed by atoms with Gasteiger partial charge >= 0.3 is 0 Å². The summed E-state index contributed by atoms with van der Waals surface area (Å²) in [6, 6.07) is 13.7. The van der Waals surface area contributed by atoms with Crippen molar-refractivity contribution in [3.63, 3.8) is 0 Å². The van der Waals surface area contributed by atoms with Gasteiger partial charge < -0.3 is 11.1 Å². The molecule has 0 fully saturated rings. The molecule has 0 heterocycles. The standard InChI is InChI=1S/C19H24N2O2/c1-3-13(2)18(19(20)23)21-17(22)11-9-14-8-10-15-6-4-5-7-16(15)12-14/h4-8,10,12-13,18H,3,9,11H2,1-2H3,(H2,20,23)(H,21,22). The van der Waals surface area contributed by atoms with Crippen LogP contribution in [0.1, 0.15) is 32.3 Å². The van der Waals surface area contributed by atoms with Crippen LogP contribution in [0.2, 0.25) is 0 Å². The predicted octanol–water partition coefficient (Wildman–Crippen LogP) is 2.79. The minimum Gasteiger partial charge on any atom is -0.368 e. The second kappa shape index (κ2) is 7.77. The minimum atomic E-state index is -0.593. The van der Waals surface area contributed by atoms with Crippen LogP contribution in [-0.4, -0.2) is 17.9 Å². The van der Waals surface area contributed by atoms with Crippen LogP contribution >= 0.6 is 0 Å². The molecule has 0 aliphatic heterocycles. The van der Waals surface area contributed by atoms with Crippen LogP contribution in [0.3, 0.4) is 0 Å². The molecular weight excluding hydrogens is 288 g/mol. The van der Waals surface area contributed by atoms with Gasteiger partial charge in [-0.1, -0.05) is 62.7 Å². The Hall–Kier alpha value is -2.36. The normalized spacial score (nSPS) is 13.5. The van der Waals surface area contributed by atoms with E-state index in [-0.39, 0.29) is 11.8 Å². The van der Waals surface area contributed by atoms with E-state index in [9.17, 15) is 9.59 Å². The van der Waals surface area contributed by atoms with Crippen molar-refractivity contribution in [2.45, 2.75) is 39.2 Å². The lowest BCUT2D eigenvalue weighted by molar-refractivity contribution is -0.128. The molecular formula is C19H24N2O2. The smallest absolute Gasteiger partial charge is 0.240 e. The van der Waals surface area contributed by atoms with Crippen LogP contribution in [0.25, 0.3) is 10.8 Å². The quantitative estimate of drug-likeness (QED) is 0.825. The number of amides is 2. The summed E-state index contributed by atoms with van der Waals surface area (Å²) in [5.74, 6) is -0.571. The Kier molecular flexibility index (Phi) is 5.74. The zero-order valence-electron chi connectivity index (χ0n) is 13.7. The molecule has 2 rings (SSSR count). The van der Waals surface area contributed by atoms with E-state index in [4.69, 9.17) is 5.73 Å². The van der Waals surface area contributed by atoms with Gasteiger partial charge in [0.25, 0.3) is 0 Å². The Morgan fingerprint density at radius 2 is 1.83 bits per heavy atom. The molecule has 0 saturated heterocycles. The summed E-state index contributed by atoms with van der Waals surface area (Å²) in [5, 5.41) is 5.11. The summed E-state index contributed by atoms with van der Waals surface area (Å²) in [7, 11) is 0. The van der Waals surface area contributed by atoms with E-state index in [1.807, 2.05) is 32.0 Å². The number of primary amides is 1.